The number of hydrogen-bond donors (Lipinski definition) is 2. The third-order valence-electron chi connectivity index (χ3n) is 3.29. The summed E-state index contributed by atoms with van der Waals surface area (Å²) < 4.78 is 5.34. The minimum absolute atomic E-state index is 0.375. The van der Waals surface area contributed by atoms with Crippen LogP contribution in [-0.2, 0) is 11.3 Å². The minimum Gasteiger partial charge on any atom is -0.381 e. The Morgan fingerprint density at radius 1 is 1.50 bits per heavy atom. The van der Waals surface area contributed by atoms with Crippen LogP contribution in [0.5, 0.6) is 0 Å². The second-order valence-corrected chi connectivity index (χ2v) is 4.76. The van der Waals surface area contributed by atoms with Crippen LogP contribution >= 0.6 is 0 Å². The van der Waals surface area contributed by atoms with E-state index >= 15 is 0 Å². The molecule has 0 bridgehead atoms. The number of carbonyl (C=O) groups is 1. The molecule has 4 nitrogen and oxygen atoms in total. The van der Waals surface area contributed by atoms with Crippen LogP contribution in [0.4, 0.5) is 0 Å². The van der Waals surface area contributed by atoms with Gasteiger partial charge in [0, 0.05) is 25.3 Å². The van der Waals surface area contributed by atoms with E-state index in [9.17, 15) is 4.79 Å². The summed E-state index contributed by atoms with van der Waals surface area (Å²) in [5.41, 5.74) is 6.91. The van der Waals surface area contributed by atoms with Crippen molar-refractivity contribution in [3.05, 3.63) is 35.4 Å². The SMILES string of the molecule is NC(=O)c1cccc(CNCCC2CCOC2)c1. The van der Waals surface area contributed by atoms with Crippen LogP contribution in [0.2, 0.25) is 0 Å². The Morgan fingerprint density at radius 2 is 2.39 bits per heavy atom. The van der Waals surface area contributed by atoms with E-state index in [1.807, 2.05) is 18.2 Å². The van der Waals surface area contributed by atoms with E-state index in [0.29, 0.717) is 11.5 Å². The molecule has 4 heteroatoms. The predicted octanol–water partition coefficient (Wildman–Crippen LogP) is 1.30. The van der Waals surface area contributed by atoms with Crippen molar-refractivity contribution in [3.8, 4) is 0 Å². The van der Waals surface area contributed by atoms with Crippen LogP contribution in [0.1, 0.15) is 28.8 Å². The zero-order chi connectivity index (χ0) is 12.8. The molecule has 18 heavy (non-hydrogen) atoms. The molecule has 98 valence electrons. The third kappa shape index (κ3) is 3.82. The second kappa shape index (κ2) is 6.52. The molecular formula is C14H20N2O2. The molecule has 0 saturated carbocycles. The van der Waals surface area contributed by atoms with Gasteiger partial charge >= 0.3 is 0 Å². The smallest absolute Gasteiger partial charge is 0.248 e. The second-order valence-electron chi connectivity index (χ2n) is 4.76. The van der Waals surface area contributed by atoms with Gasteiger partial charge in [-0.3, -0.25) is 4.79 Å². The van der Waals surface area contributed by atoms with Gasteiger partial charge in [-0.15, -0.1) is 0 Å². The van der Waals surface area contributed by atoms with E-state index in [-0.39, 0.29) is 5.91 Å². The Kier molecular flexibility index (Phi) is 4.73. The summed E-state index contributed by atoms with van der Waals surface area (Å²) in [7, 11) is 0. The molecular weight excluding hydrogens is 228 g/mol. The number of hydrogen-bond acceptors (Lipinski definition) is 3. The van der Waals surface area contributed by atoms with Crippen molar-refractivity contribution in [2.24, 2.45) is 11.7 Å². The van der Waals surface area contributed by atoms with E-state index in [4.69, 9.17) is 10.5 Å². The Bertz CT molecular complexity index is 401. The maximum absolute atomic E-state index is 11.0. The van der Waals surface area contributed by atoms with Crippen molar-refractivity contribution in [1.82, 2.24) is 5.32 Å². The molecule has 1 heterocycles. The van der Waals surface area contributed by atoms with E-state index in [0.717, 1.165) is 38.3 Å². The third-order valence-corrected chi connectivity index (χ3v) is 3.29. The van der Waals surface area contributed by atoms with E-state index in [2.05, 4.69) is 5.32 Å². The van der Waals surface area contributed by atoms with Gasteiger partial charge in [0.25, 0.3) is 0 Å². The summed E-state index contributed by atoms with van der Waals surface area (Å²) in [6.07, 6.45) is 2.33. The predicted molar refractivity (Wildman–Crippen MR) is 70.2 cm³/mol. The van der Waals surface area contributed by atoms with Crippen molar-refractivity contribution >= 4 is 5.91 Å². The average molecular weight is 248 g/mol. The van der Waals surface area contributed by atoms with Gasteiger partial charge in [0.05, 0.1) is 0 Å². The first-order chi connectivity index (χ1) is 8.75. The van der Waals surface area contributed by atoms with E-state index in [1.54, 1.807) is 6.07 Å². The molecule has 1 aromatic rings. The number of nitrogens with one attached hydrogen (secondary N) is 1. The van der Waals surface area contributed by atoms with Gasteiger partial charge in [0.15, 0.2) is 0 Å². The Hall–Kier alpha value is -1.39. The molecule has 1 aliphatic rings. The molecule has 0 radical (unpaired) electrons. The summed E-state index contributed by atoms with van der Waals surface area (Å²) >= 11 is 0. The number of ether oxygens (including phenoxy) is 1. The number of nitrogens with two attached hydrogens (primary N) is 1. The molecule has 0 spiro atoms. The number of primary amides is 1. The molecule has 1 aromatic carbocycles. The maximum atomic E-state index is 11.0. The molecule has 2 rings (SSSR count). The lowest BCUT2D eigenvalue weighted by Crippen LogP contribution is -2.18. The van der Waals surface area contributed by atoms with Gasteiger partial charge in [0.1, 0.15) is 0 Å². The number of amides is 1. The molecule has 1 aliphatic heterocycles. The van der Waals surface area contributed by atoms with Crippen molar-refractivity contribution < 1.29 is 9.53 Å². The Morgan fingerprint density at radius 3 is 3.11 bits per heavy atom. The van der Waals surface area contributed by atoms with Gasteiger partial charge in [-0.05, 0) is 43.0 Å². The van der Waals surface area contributed by atoms with Crippen LogP contribution < -0.4 is 11.1 Å². The van der Waals surface area contributed by atoms with Crippen LogP contribution in [0.25, 0.3) is 0 Å². The Balaban J connectivity index is 1.72. The van der Waals surface area contributed by atoms with Gasteiger partial charge in [-0.2, -0.15) is 0 Å². The standard InChI is InChI=1S/C14H20N2O2/c15-14(17)13-3-1-2-12(8-13)9-16-6-4-11-5-7-18-10-11/h1-3,8,11,16H,4-7,9-10H2,(H2,15,17). The van der Waals surface area contributed by atoms with Crippen molar-refractivity contribution in [1.29, 1.82) is 0 Å². The van der Waals surface area contributed by atoms with Crippen molar-refractivity contribution in [2.45, 2.75) is 19.4 Å². The zero-order valence-electron chi connectivity index (χ0n) is 10.5. The van der Waals surface area contributed by atoms with Crippen LogP contribution in [0, 0.1) is 5.92 Å². The quantitative estimate of drug-likeness (QED) is 0.746. The van der Waals surface area contributed by atoms with Crippen LogP contribution in [-0.4, -0.2) is 25.7 Å². The lowest BCUT2D eigenvalue weighted by atomic mass is 10.1. The maximum Gasteiger partial charge on any atom is 0.248 e. The summed E-state index contributed by atoms with van der Waals surface area (Å²) in [4.78, 5) is 11.0. The highest BCUT2D eigenvalue weighted by molar-refractivity contribution is 5.92. The zero-order valence-corrected chi connectivity index (χ0v) is 10.5. The van der Waals surface area contributed by atoms with Crippen molar-refractivity contribution in [2.75, 3.05) is 19.8 Å². The van der Waals surface area contributed by atoms with Gasteiger partial charge in [-0.1, -0.05) is 12.1 Å². The molecule has 1 amide bonds. The lowest BCUT2D eigenvalue weighted by molar-refractivity contribution is 0.1000. The van der Waals surface area contributed by atoms with Gasteiger partial charge < -0.3 is 15.8 Å². The van der Waals surface area contributed by atoms with Crippen LogP contribution in [0.3, 0.4) is 0 Å². The first-order valence-corrected chi connectivity index (χ1v) is 6.43. The lowest BCUT2D eigenvalue weighted by Gasteiger charge is -2.09. The molecule has 0 aliphatic carbocycles. The summed E-state index contributed by atoms with van der Waals surface area (Å²) in [5.74, 6) is 0.328. The first-order valence-electron chi connectivity index (χ1n) is 6.43. The highest BCUT2D eigenvalue weighted by atomic mass is 16.5. The highest BCUT2D eigenvalue weighted by Gasteiger charge is 2.14. The van der Waals surface area contributed by atoms with E-state index < -0.39 is 0 Å². The summed E-state index contributed by atoms with van der Waals surface area (Å²) in [6, 6.07) is 7.44. The number of rotatable bonds is 6. The normalized spacial score (nSPS) is 19.0. The van der Waals surface area contributed by atoms with E-state index in [1.165, 1.54) is 6.42 Å². The fourth-order valence-electron chi connectivity index (χ4n) is 2.18. The van der Waals surface area contributed by atoms with Crippen LogP contribution in [0.15, 0.2) is 24.3 Å². The molecule has 1 atom stereocenters. The summed E-state index contributed by atoms with van der Waals surface area (Å²) in [5, 5.41) is 3.39. The fourth-order valence-corrected chi connectivity index (χ4v) is 2.18. The number of benzene rings is 1. The first kappa shape index (κ1) is 13.1. The fraction of sp³-hybridized carbons (Fsp3) is 0.500. The molecule has 1 fully saturated rings. The Labute approximate surface area is 108 Å². The average Bonchev–Trinajstić information content (AvgIpc) is 2.88. The molecule has 1 unspecified atom stereocenters. The molecule has 3 N–H and O–H groups in total. The largest absolute Gasteiger partial charge is 0.381 e. The number of carbonyl (C=O) groups excluding carboxylic acids is 1. The topological polar surface area (TPSA) is 64.4 Å². The van der Waals surface area contributed by atoms with Gasteiger partial charge in [-0.25, -0.2) is 0 Å². The highest BCUT2D eigenvalue weighted by Crippen LogP contribution is 2.15. The monoisotopic (exact) mass is 248 g/mol. The summed E-state index contributed by atoms with van der Waals surface area (Å²) in [6.45, 7) is 3.56. The molecule has 0 aromatic heterocycles. The van der Waals surface area contributed by atoms with Gasteiger partial charge in [0.2, 0.25) is 5.91 Å². The minimum atomic E-state index is -0.375. The van der Waals surface area contributed by atoms with Crippen molar-refractivity contribution in [3.63, 3.8) is 0 Å². The molecule has 1 saturated heterocycles.